The fourth-order valence-electron chi connectivity index (χ4n) is 0.398. The first-order valence-corrected chi connectivity index (χ1v) is 3.88. The zero-order valence-corrected chi connectivity index (χ0v) is 8.53. The van der Waals surface area contributed by atoms with Crippen LogP contribution in [0.3, 0.4) is 0 Å². The molecule has 0 rings (SSSR count). The van der Waals surface area contributed by atoms with Crippen molar-refractivity contribution in [3.05, 3.63) is 0 Å². The summed E-state index contributed by atoms with van der Waals surface area (Å²) in [7, 11) is 0. The third-order valence-corrected chi connectivity index (χ3v) is 1.15. The van der Waals surface area contributed by atoms with Crippen molar-refractivity contribution in [2.45, 2.75) is 27.7 Å². The normalized spacial score (nSPS) is 12.3. The second-order valence-corrected chi connectivity index (χ2v) is 2.52. The van der Waals surface area contributed by atoms with E-state index in [-0.39, 0.29) is 0 Å². The van der Waals surface area contributed by atoms with E-state index in [0.717, 1.165) is 0 Å². The summed E-state index contributed by atoms with van der Waals surface area (Å²) in [6.45, 7) is 5.61. The molecule has 0 fully saturated rings. The summed E-state index contributed by atoms with van der Waals surface area (Å²) >= 11 is 0. The van der Waals surface area contributed by atoms with Gasteiger partial charge < -0.3 is 9.68 Å². The molecule has 6 nitrogen and oxygen atoms in total. The molecular weight excluding hydrogens is 188 g/mol. The lowest BCUT2D eigenvalue weighted by atomic mass is 10.3. The van der Waals surface area contributed by atoms with Crippen LogP contribution >= 0.6 is 0 Å². The molecule has 0 unspecified atom stereocenters. The molecule has 0 bridgehead atoms. The highest BCUT2D eigenvalue weighted by atomic mass is 16.7. The van der Waals surface area contributed by atoms with E-state index in [1.54, 1.807) is 13.8 Å². The zero-order valence-electron chi connectivity index (χ0n) is 8.53. The summed E-state index contributed by atoms with van der Waals surface area (Å²) in [5.41, 5.74) is 0.725. The van der Waals surface area contributed by atoms with Gasteiger partial charge in [-0.1, -0.05) is 10.3 Å². The minimum atomic E-state index is -0.523. The predicted molar refractivity (Wildman–Crippen MR) is 49.8 cm³/mol. The number of carbonyl (C=O) groups is 2. The Morgan fingerprint density at radius 2 is 1.07 bits per heavy atom. The molecule has 0 heterocycles. The summed E-state index contributed by atoms with van der Waals surface area (Å²) in [4.78, 5) is 29.5. The Kier molecular flexibility index (Phi) is 5.13. The van der Waals surface area contributed by atoms with Crippen LogP contribution in [0.5, 0.6) is 0 Å². The van der Waals surface area contributed by atoms with E-state index >= 15 is 0 Å². The van der Waals surface area contributed by atoms with Gasteiger partial charge in [-0.15, -0.1) is 0 Å². The third-order valence-electron chi connectivity index (χ3n) is 1.15. The maximum absolute atomic E-state index is 10.4. The molecule has 6 heteroatoms. The van der Waals surface area contributed by atoms with E-state index in [4.69, 9.17) is 0 Å². The first-order valence-electron chi connectivity index (χ1n) is 3.88. The van der Waals surface area contributed by atoms with Crippen molar-refractivity contribution in [3.63, 3.8) is 0 Å². The van der Waals surface area contributed by atoms with Crippen LogP contribution in [0, 0.1) is 0 Å². The summed E-state index contributed by atoms with van der Waals surface area (Å²) < 4.78 is 0. The Balaban J connectivity index is 4.29. The van der Waals surface area contributed by atoms with Gasteiger partial charge >= 0.3 is 11.9 Å². The van der Waals surface area contributed by atoms with E-state index in [9.17, 15) is 9.59 Å². The second kappa shape index (κ2) is 5.85. The van der Waals surface area contributed by atoms with Gasteiger partial charge in [0.1, 0.15) is 11.4 Å². The number of rotatable bonds is 3. The molecule has 0 aromatic rings. The highest BCUT2D eigenvalue weighted by Crippen LogP contribution is 1.89. The standard InChI is InChI=1S/C8H12N2O4/c1-5(9-13-7(3)11)6(2)10-14-8(4)12/h1-4H3. The van der Waals surface area contributed by atoms with Gasteiger partial charge in [-0.25, -0.2) is 9.59 Å². The van der Waals surface area contributed by atoms with Crippen molar-refractivity contribution in [3.8, 4) is 0 Å². The number of oxime groups is 2. The Bertz CT molecular complexity index is 264. The van der Waals surface area contributed by atoms with Gasteiger partial charge in [0.2, 0.25) is 0 Å². The monoisotopic (exact) mass is 200 g/mol. The van der Waals surface area contributed by atoms with E-state index in [1.165, 1.54) is 13.8 Å². The maximum Gasteiger partial charge on any atom is 0.331 e. The fourth-order valence-corrected chi connectivity index (χ4v) is 0.398. The molecule has 0 amide bonds. The van der Waals surface area contributed by atoms with Crippen LogP contribution in [0.25, 0.3) is 0 Å². The molecule has 0 aromatic carbocycles. The van der Waals surface area contributed by atoms with E-state index in [0.29, 0.717) is 11.4 Å². The van der Waals surface area contributed by atoms with E-state index in [2.05, 4.69) is 20.0 Å². The topological polar surface area (TPSA) is 77.3 Å². The number of hydrogen-bond donors (Lipinski definition) is 0. The van der Waals surface area contributed by atoms with E-state index in [1.807, 2.05) is 0 Å². The first-order chi connectivity index (χ1) is 6.43. The Hall–Kier alpha value is -1.72. The SMILES string of the molecule is CC(=O)ON=C(C)C(C)=NOC(C)=O. The Morgan fingerprint density at radius 3 is 1.29 bits per heavy atom. The smallest absolute Gasteiger partial charge is 0.318 e. The van der Waals surface area contributed by atoms with Crippen molar-refractivity contribution in [2.24, 2.45) is 10.3 Å². The Morgan fingerprint density at radius 1 is 0.786 bits per heavy atom. The highest BCUT2D eigenvalue weighted by Gasteiger charge is 2.00. The molecule has 0 atom stereocenters. The lowest BCUT2D eigenvalue weighted by Gasteiger charge is -1.97. The van der Waals surface area contributed by atoms with Crippen LogP contribution in [-0.2, 0) is 19.3 Å². The van der Waals surface area contributed by atoms with Crippen LogP contribution in [-0.4, -0.2) is 23.4 Å². The van der Waals surface area contributed by atoms with Gasteiger partial charge in [0, 0.05) is 13.8 Å². The highest BCUT2D eigenvalue weighted by molar-refractivity contribution is 6.40. The molecule has 0 aliphatic heterocycles. The van der Waals surface area contributed by atoms with Gasteiger partial charge in [-0.2, -0.15) is 0 Å². The molecular formula is C8H12N2O4. The summed E-state index contributed by atoms with van der Waals surface area (Å²) in [6, 6.07) is 0. The van der Waals surface area contributed by atoms with E-state index < -0.39 is 11.9 Å². The lowest BCUT2D eigenvalue weighted by molar-refractivity contribution is -0.142. The van der Waals surface area contributed by atoms with Crippen LogP contribution in [0.15, 0.2) is 10.3 Å². The first kappa shape index (κ1) is 12.3. The quantitative estimate of drug-likeness (QED) is 0.384. The number of nitrogens with zero attached hydrogens (tertiary/aromatic N) is 2. The number of carbonyl (C=O) groups excluding carboxylic acids is 2. The molecule has 0 radical (unpaired) electrons. The molecule has 14 heavy (non-hydrogen) atoms. The van der Waals surface area contributed by atoms with Crippen LogP contribution in [0.4, 0.5) is 0 Å². The van der Waals surface area contributed by atoms with Crippen molar-refractivity contribution in [2.75, 3.05) is 0 Å². The summed E-state index contributed by atoms with van der Waals surface area (Å²) in [5.74, 6) is -1.05. The van der Waals surface area contributed by atoms with Gasteiger partial charge in [-0.05, 0) is 13.8 Å². The van der Waals surface area contributed by atoms with Gasteiger partial charge in [0.05, 0.1) is 0 Å². The molecule has 0 spiro atoms. The van der Waals surface area contributed by atoms with Crippen molar-refractivity contribution >= 4 is 23.4 Å². The molecule has 78 valence electrons. The van der Waals surface area contributed by atoms with Crippen LogP contribution in [0.1, 0.15) is 27.7 Å². The van der Waals surface area contributed by atoms with Crippen LogP contribution < -0.4 is 0 Å². The van der Waals surface area contributed by atoms with Crippen molar-refractivity contribution in [1.82, 2.24) is 0 Å². The average molecular weight is 200 g/mol. The average Bonchev–Trinajstić information content (AvgIpc) is 2.09. The third kappa shape index (κ3) is 5.87. The van der Waals surface area contributed by atoms with Gasteiger partial charge in [0.15, 0.2) is 0 Å². The largest absolute Gasteiger partial charge is 0.331 e. The van der Waals surface area contributed by atoms with Gasteiger partial charge in [0.25, 0.3) is 0 Å². The molecule has 0 aromatic heterocycles. The molecule has 0 aliphatic carbocycles. The minimum absolute atomic E-state index is 0.362. The summed E-state index contributed by atoms with van der Waals surface area (Å²) in [6.07, 6.45) is 0. The Labute approximate surface area is 81.5 Å². The molecule has 0 aliphatic rings. The predicted octanol–water partition coefficient (Wildman–Crippen LogP) is 0.864. The fraction of sp³-hybridized carbons (Fsp3) is 0.500. The molecule has 0 saturated carbocycles. The maximum atomic E-state index is 10.4. The second-order valence-electron chi connectivity index (χ2n) is 2.52. The summed E-state index contributed by atoms with van der Waals surface area (Å²) in [5, 5.41) is 6.89. The lowest BCUT2D eigenvalue weighted by Crippen LogP contribution is -2.09. The van der Waals surface area contributed by atoms with Crippen molar-refractivity contribution < 1.29 is 19.3 Å². The zero-order chi connectivity index (χ0) is 11.1. The molecule has 0 N–H and O–H groups in total. The van der Waals surface area contributed by atoms with Gasteiger partial charge in [-0.3, -0.25) is 0 Å². The molecule has 0 saturated heterocycles. The number of hydrogen-bond acceptors (Lipinski definition) is 6. The van der Waals surface area contributed by atoms with Crippen LogP contribution in [0.2, 0.25) is 0 Å². The minimum Gasteiger partial charge on any atom is -0.318 e. The van der Waals surface area contributed by atoms with Crippen molar-refractivity contribution in [1.29, 1.82) is 0 Å².